The molecule has 0 saturated carbocycles. The van der Waals surface area contributed by atoms with E-state index in [1.807, 2.05) is 13.0 Å². The van der Waals surface area contributed by atoms with E-state index in [1.165, 1.54) is 0 Å². The number of piperidine rings is 1. The molecule has 0 radical (unpaired) electrons. The maximum Gasteiger partial charge on any atom is 0.251 e. The topological polar surface area (TPSA) is 36.1 Å². The van der Waals surface area contributed by atoms with E-state index in [4.69, 9.17) is 0 Å². The molecule has 1 aromatic rings. The zero-order valence-electron chi connectivity index (χ0n) is 9.42. The van der Waals surface area contributed by atoms with Gasteiger partial charge in [0, 0.05) is 11.8 Å². The fourth-order valence-electron chi connectivity index (χ4n) is 2.24. The van der Waals surface area contributed by atoms with Gasteiger partial charge in [-0.1, -0.05) is 0 Å². The summed E-state index contributed by atoms with van der Waals surface area (Å²) in [6.45, 7) is 4.21. The molecule has 0 spiro atoms. The molecule has 0 atom stereocenters. The van der Waals surface area contributed by atoms with Crippen LogP contribution >= 0.6 is 0 Å². The number of pyridine rings is 1. The van der Waals surface area contributed by atoms with E-state index in [1.54, 1.807) is 6.20 Å². The van der Waals surface area contributed by atoms with Gasteiger partial charge in [0.1, 0.15) is 0 Å². The fourth-order valence-corrected chi connectivity index (χ4v) is 2.24. The van der Waals surface area contributed by atoms with Crippen LogP contribution in [0.1, 0.15) is 29.9 Å². The molecule has 2 heterocycles. The van der Waals surface area contributed by atoms with E-state index < -0.39 is 0 Å². The number of nitrogens with one attached hydrogen (secondary N) is 1. The Bertz CT molecular complexity index is 389. The van der Waals surface area contributed by atoms with Crippen LogP contribution < -0.4 is 5.56 Å². The minimum Gasteiger partial charge on any atom is -0.329 e. The molecular weight excluding hydrogens is 188 g/mol. The maximum absolute atomic E-state index is 11.7. The van der Waals surface area contributed by atoms with Gasteiger partial charge in [0.25, 0.3) is 5.56 Å². The highest BCUT2D eigenvalue weighted by molar-refractivity contribution is 5.21. The number of H-pyrrole nitrogens is 1. The molecule has 1 N–H and O–H groups in total. The third-order valence-electron chi connectivity index (χ3n) is 3.23. The molecule has 1 aliphatic rings. The molecule has 0 unspecified atom stereocenters. The number of likely N-dealkylation sites (tertiary alicyclic amines) is 1. The SMILES string of the molecule is Cc1c[nH]c(=O)c(C2CCN(C)CC2)c1. The number of nitrogens with zero attached hydrogens (tertiary/aromatic N) is 1. The van der Waals surface area contributed by atoms with Gasteiger partial charge < -0.3 is 9.88 Å². The van der Waals surface area contributed by atoms with E-state index >= 15 is 0 Å². The second-order valence-electron chi connectivity index (χ2n) is 4.54. The van der Waals surface area contributed by atoms with Gasteiger partial charge in [0.05, 0.1) is 0 Å². The van der Waals surface area contributed by atoms with Crippen molar-refractivity contribution < 1.29 is 0 Å². The van der Waals surface area contributed by atoms with E-state index in [-0.39, 0.29) is 5.56 Å². The van der Waals surface area contributed by atoms with E-state index in [2.05, 4.69) is 16.9 Å². The van der Waals surface area contributed by atoms with Gasteiger partial charge in [-0.3, -0.25) is 4.79 Å². The lowest BCUT2D eigenvalue weighted by atomic mass is 9.90. The van der Waals surface area contributed by atoms with Crippen LogP contribution in [-0.2, 0) is 0 Å². The van der Waals surface area contributed by atoms with Crippen LogP contribution in [0.4, 0.5) is 0 Å². The van der Waals surface area contributed by atoms with Crippen LogP contribution in [0.3, 0.4) is 0 Å². The molecular formula is C12H18N2O. The molecule has 3 nitrogen and oxygen atoms in total. The maximum atomic E-state index is 11.7. The third-order valence-corrected chi connectivity index (χ3v) is 3.23. The Balaban J connectivity index is 2.22. The highest BCUT2D eigenvalue weighted by Crippen LogP contribution is 2.25. The standard InChI is InChI=1S/C12H18N2O/c1-9-7-11(12(15)13-8-9)10-3-5-14(2)6-4-10/h7-8,10H,3-6H2,1-2H3,(H,13,15). The lowest BCUT2D eigenvalue weighted by molar-refractivity contribution is 0.254. The summed E-state index contributed by atoms with van der Waals surface area (Å²) in [5, 5.41) is 0. The van der Waals surface area contributed by atoms with E-state index in [0.29, 0.717) is 5.92 Å². The van der Waals surface area contributed by atoms with Crippen molar-refractivity contribution in [1.29, 1.82) is 0 Å². The molecule has 82 valence electrons. The normalized spacial score (nSPS) is 19.3. The first-order chi connectivity index (χ1) is 7.16. The molecule has 1 aromatic heterocycles. The van der Waals surface area contributed by atoms with Gasteiger partial charge >= 0.3 is 0 Å². The highest BCUT2D eigenvalue weighted by atomic mass is 16.1. The quantitative estimate of drug-likeness (QED) is 0.755. The predicted octanol–water partition coefficient (Wildman–Crippen LogP) is 1.49. The second kappa shape index (κ2) is 4.19. The minimum atomic E-state index is 0.0927. The first-order valence-corrected chi connectivity index (χ1v) is 5.54. The number of aromatic nitrogens is 1. The fraction of sp³-hybridized carbons (Fsp3) is 0.583. The molecule has 2 rings (SSSR count). The Morgan fingerprint density at radius 3 is 2.73 bits per heavy atom. The molecule has 1 aliphatic heterocycles. The van der Waals surface area contributed by atoms with Crippen LogP contribution in [0.2, 0.25) is 0 Å². The van der Waals surface area contributed by atoms with Crippen LogP contribution in [0.25, 0.3) is 0 Å². The molecule has 1 fully saturated rings. The lowest BCUT2D eigenvalue weighted by Gasteiger charge is -2.28. The number of hydrogen-bond donors (Lipinski definition) is 1. The monoisotopic (exact) mass is 206 g/mol. The average molecular weight is 206 g/mol. The zero-order chi connectivity index (χ0) is 10.8. The van der Waals surface area contributed by atoms with Crippen LogP contribution in [-0.4, -0.2) is 30.0 Å². The summed E-state index contributed by atoms with van der Waals surface area (Å²) in [6.07, 6.45) is 3.98. The molecule has 15 heavy (non-hydrogen) atoms. The zero-order valence-corrected chi connectivity index (χ0v) is 9.42. The van der Waals surface area contributed by atoms with Gasteiger partial charge in [-0.25, -0.2) is 0 Å². The summed E-state index contributed by atoms with van der Waals surface area (Å²) in [5.74, 6) is 0.449. The van der Waals surface area contributed by atoms with Crippen molar-refractivity contribution in [3.63, 3.8) is 0 Å². The summed E-state index contributed by atoms with van der Waals surface area (Å²) in [4.78, 5) is 16.8. The smallest absolute Gasteiger partial charge is 0.251 e. The first-order valence-electron chi connectivity index (χ1n) is 5.54. The van der Waals surface area contributed by atoms with Crippen molar-refractivity contribution in [2.45, 2.75) is 25.7 Å². The third kappa shape index (κ3) is 2.29. The van der Waals surface area contributed by atoms with Crippen molar-refractivity contribution in [3.8, 4) is 0 Å². The van der Waals surface area contributed by atoms with Crippen molar-refractivity contribution in [3.05, 3.63) is 33.7 Å². The predicted molar refractivity (Wildman–Crippen MR) is 61.3 cm³/mol. The Kier molecular flexibility index (Phi) is 2.91. The van der Waals surface area contributed by atoms with Crippen LogP contribution in [0.5, 0.6) is 0 Å². The van der Waals surface area contributed by atoms with Crippen molar-refractivity contribution in [2.75, 3.05) is 20.1 Å². The van der Waals surface area contributed by atoms with Gasteiger partial charge in [-0.15, -0.1) is 0 Å². The first kappa shape index (κ1) is 10.4. The van der Waals surface area contributed by atoms with Gasteiger partial charge in [0.2, 0.25) is 0 Å². The number of aryl methyl sites for hydroxylation is 1. The average Bonchev–Trinajstić information content (AvgIpc) is 2.23. The molecule has 0 amide bonds. The van der Waals surface area contributed by atoms with E-state index in [0.717, 1.165) is 37.1 Å². The summed E-state index contributed by atoms with van der Waals surface area (Å²) in [6, 6.07) is 2.04. The summed E-state index contributed by atoms with van der Waals surface area (Å²) >= 11 is 0. The van der Waals surface area contributed by atoms with E-state index in [9.17, 15) is 4.79 Å². The number of hydrogen-bond acceptors (Lipinski definition) is 2. The number of rotatable bonds is 1. The second-order valence-corrected chi connectivity index (χ2v) is 4.54. The molecule has 0 aliphatic carbocycles. The molecule has 0 bridgehead atoms. The lowest BCUT2D eigenvalue weighted by Crippen LogP contribution is -2.31. The number of aromatic amines is 1. The highest BCUT2D eigenvalue weighted by Gasteiger charge is 2.20. The Hall–Kier alpha value is -1.09. The Labute approximate surface area is 90.1 Å². The van der Waals surface area contributed by atoms with Crippen molar-refractivity contribution in [1.82, 2.24) is 9.88 Å². The van der Waals surface area contributed by atoms with Crippen molar-refractivity contribution in [2.24, 2.45) is 0 Å². The largest absolute Gasteiger partial charge is 0.329 e. The molecule has 0 aromatic carbocycles. The van der Waals surface area contributed by atoms with Crippen molar-refractivity contribution >= 4 is 0 Å². The van der Waals surface area contributed by atoms with Crippen LogP contribution in [0.15, 0.2) is 17.1 Å². The molecule has 1 saturated heterocycles. The van der Waals surface area contributed by atoms with Gasteiger partial charge in [-0.05, 0) is 57.5 Å². The Morgan fingerprint density at radius 1 is 1.40 bits per heavy atom. The van der Waals surface area contributed by atoms with Crippen LogP contribution in [0, 0.1) is 6.92 Å². The minimum absolute atomic E-state index is 0.0927. The Morgan fingerprint density at radius 2 is 2.07 bits per heavy atom. The summed E-state index contributed by atoms with van der Waals surface area (Å²) in [5.41, 5.74) is 2.21. The summed E-state index contributed by atoms with van der Waals surface area (Å²) in [7, 11) is 2.14. The molecule has 3 heteroatoms. The van der Waals surface area contributed by atoms with Gasteiger partial charge in [0.15, 0.2) is 0 Å². The van der Waals surface area contributed by atoms with Gasteiger partial charge in [-0.2, -0.15) is 0 Å². The summed E-state index contributed by atoms with van der Waals surface area (Å²) < 4.78 is 0.